The molecule has 4 nitrogen and oxygen atoms in total. The van der Waals surface area contributed by atoms with E-state index in [-0.39, 0.29) is 0 Å². The molecule has 102 valence electrons. The van der Waals surface area contributed by atoms with Gasteiger partial charge in [0.2, 0.25) is 0 Å². The highest BCUT2D eigenvalue weighted by atomic mass is 16.7. The van der Waals surface area contributed by atoms with E-state index in [1.54, 1.807) is 0 Å². The Balaban J connectivity index is 1.90. The molecule has 1 N–H and O–H groups in total. The van der Waals surface area contributed by atoms with Crippen LogP contribution in [0.4, 0.5) is 0 Å². The fourth-order valence-electron chi connectivity index (χ4n) is 1.64. The first kappa shape index (κ1) is 14.9. The van der Waals surface area contributed by atoms with Crippen LogP contribution in [-0.2, 0) is 14.2 Å². The number of unbranched alkanes of at least 4 members (excludes halogenated alkanes) is 1. The van der Waals surface area contributed by atoms with Gasteiger partial charge in [-0.05, 0) is 33.2 Å². The number of ether oxygens (including phenoxy) is 3. The average molecular weight is 245 g/mol. The number of hydrogen-bond donors (Lipinski definition) is 1. The molecule has 0 radical (unpaired) electrons. The van der Waals surface area contributed by atoms with Gasteiger partial charge in [0.25, 0.3) is 0 Å². The molecular formula is C13H27NO3. The van der Waals surface area contributed by atoms with Crippen molar-refractivity contribution in [3.63, 3.8) is 0 Å². The zero-order chi connectivity index (χ0) is 12.6. The molecule has 0 atom stereocenters. The Morgan fingerprint density at radius 2 is 1.82 bits per heavy atom. The molecule has 1 saturated heterocycles. The highest BCUT2D eigenvalue weighted by Crippen LogP contribution is 2.16. The lowest BCUT2D eigenvalue weighted by Gasteiger charge is -2.35. The van der Waals surface area contributed by atoms with Crippen molar-refractivity contribution in [3.8, 4) is 0 Å². The van der Waals surface area contributed by atoms with Crippen LogP contribution in [-0.4, -0.2) is 44.8 Å². The highest BCUT2D eigenvalue weighted by molar-refractivity contribution is 4.72. The van der Waals surface area contributed by atoms with Crippen molar-refractivity contribution in [2.75, 3.05) is 33.0 Å². The summed E-state index contributed by atoms with van der Waals surface area (Å²) in [5.41, 5.74) is 0. The monoisotopic (exact) mass is 245 g/mol. The fourth-order valence-corrected chi connectivity index (χ4v) is 1.64. The molecule has 0 unspecified atom stereocenters. The average Bonchev–Trinajstić information content (AvgIpc) is 2.30. The molecule has 0 amide bonds. The lowest BCUT2D eigenvalue weighted by molar-refractivity contribution is -0.252. The molecule has 0 saturated carbocycles. The van der Waals surface area contributed by atoms with Crippen molar-refractivity contribution in [2.45, 2.75) is 51.9 Å². The Bertz CT molecular complexity index is 187. The summed E-state index contributed by atoms with van der Waals surface area (Å²) in [7, 11) is 0. The SMILES string of the molecule is CCCCOCCCNC1COC(C)(C)OC1. The predicted molar refractivity (Wildman–Crippen MR) is 68.1 cm³/mol. The van der Waals surface area contributed by atoms with E-state index in [2.05, 4.69) is 12.2 Å². The first-order chi connectivity index (χ1) is 8.14. The third-order valence-corrected chi connectivity index (χ3v) is 2.80. The maximum Gasteiger partial charge on any atom is 0.162 e. The van der Waals surface area contributed by atoms with Crippen LogP contribution in [0.1, 0.15) is 40.0 Å². The van der Waals surface area contributed by atoms with Crippen molar-refractivity contribution >= 4 is 0 Å². The molecule has 0 bridgehead atoms. The largest absolute Gasteiger partial charge is 0.381 e. The summed E-state index contributed by atoms with van der Waals surface area (Å²) in [5, 5.41) is 3.42. The van der Waals surface area contributed by atoms with Gasteiger partial charge in [-0.2, -0.15) is 0 Å². The van der Waals surface area contributed by atoms with Crippen LogP contribution in [0.5, 0.6) is 0 Å². The fraction of sp³-hybridized carbons (Fsp3) is 1.00. The van der Waals surface area contributed by atoms with Crippen molar-refractivity contribution < 1.29 is 14.2 Å². The molecular weight excluding hydrogens is 218 g/mol. The van der Waals surface area contributed by atoms with E-state index in [4.69, 9.17) is 14.2 Å². The standard InChI is InChI=1S/C13H27NO3/c1-4-5-8-15-9-6-7-14-12-10-16-13(2,3)17-11-12/h12,14H,4-11H2,1-3H3. The Morgan fingerprint density at radius 3 is 2.47 bits per heavy atom. The highest BCUT2D eigenvalue weighted by Gasteiger charge is 2.27. The summed E-state index contributed by atoms with van der Waals surface area (Å²) in [6.45, 7) is 10.2. The van der Waals surface area contributed by atoms with Gasteiger partial charge in [0.1, 0.15) is 0 Å². The van der Waals surface area contributed by atoms with Gasteiger partial charge in [-0.15, -0.1) is 0 Å². The molecule has 1 aliphatic rings. The van der Waals surface area contributed by atoms with E-state index in [0.717, 1.165) is 45.8 Å². The van der Waals surface area contributed by atoms with E-state index in [1.165, 1.54) is 6.42 Å². The second-order valence-electron chi connectivity index (χ2n) is 4.99. The summed E-state index contributed by atoms with van der Waals surface area (Å²) in [5.74, 6) is -0.415. The van der Waals surface area contributed by atoms with Crippen LogP contribution in [0.2, 0.25) is 0 Å². The topological polar surface area (TPSA) is 39.7 Å². The summed E-state index contributed by atoms with van der Waals surface area (Å²) in [4.78, 5) is 0. The predicted octanol–water partition coefficient (Wildman–Crippen LogP) is 1.93. The van der Waals surface area contributed by atoms with Crippen molar-refractivity contribution in [1.29, 1.82) is 0 Å². The van der Waals surface area contributed by atoms with Crippen LogP contribution in [0.3, 0.4) is 0 Å². The van der Waals surface area contributed by atoms with Gasteiger partial charge in [-0.3, -0.25) is 0 Å². The second kappa shape index (κ2) is 8.03. The number of rotatable bonds is 8. The summed E-state index contributed by atoms with van der Waals surface area (Å²) in [6.07, 6.45) is 3.40. The maximum atomic E-state index is 5.57. The third-order valence-electron chi connectivity index (χ3n) is 2.80. The molecule has 17 heavy (non-hydrogen) atoms. The molecule has 4 heteroatoms. The minimum absolute atomic E-state index is 0.318. The zero-order valence-electron chi connectivity index (χ0n) is 11.5. The van der Waals surface area contributed by atoms with Crippen LogP contribution >= 0.6 is 0 Å². The van der Waals surface area contributed by atoms with E-state index in [0.29, 0.717) is 6.04 Å². The molecule has 0 spiro atoms. The first-order valence-electron chi connectivity index (χ1n) is 6.73. The van der Waals surface area contributed by atoms with Crippen LogP contribution in [0.15, 0.2) is 0 Å². The Morgan fingerprint density at radius 1 is 1.18 bits per heavy atom. The van der Waals surface area contributed by atoms with Gasteiger partial charge in [0, 0.05) is 13.2 Å². The normalized spacial score (nSPS) is 20.6. The van der Waals surface area contributed by atoms with E-state index < -0.39 is 5.79 Å². The van der Waals surface area contributed by atoms with Gasteiger partial charge >= 0.3 is 0 Å². The lowest BCUT2D eigenvalue weighted by Crippen LogP contribution is -2.48. The molecule has 0 aliphatic carbocycles. The Labute approximate surface area is 105 Å². The maximum absolute atomic E-state index is 5.57. The van der Waals surface area contributed by atoms with Gasteiger partial charge in [0.05, 0.1) is 19.3 Å². The number of hydrogen-bond acceptors (Lipinski definition) is 4. The quantitative estimate of drug-likeness (QED) is 0.663. The zero-order valence-corrected chi connectivity index (χ0v) is 11.5. The molecule has 1 aliphatic heterocycles. The molecule has 1 rings (SSSR count). The first-order valence-corrected chi connectivity index (χ1v) is 6.73. The number of nitrogens with one attached hydrogen (secondary N) is 1. The van der Waals surface area contributed by atoms with Crippen LogP contribution in [0.25, 0.3) is 0 Å². The van der Waals surface area contributed by atoms with E-state index in [9.17, 15) is 0 Å². The molecule has 1 fully saturated rings. The second-order valence-corrected chi connectivity index (χ2v) is 4.99. The van der Waals surface area contributed by atoms with Crippen LogP contribution < -0.4 is 5.32 Å². The minimum atomic E-state index is -0.415. The summed E-state index contributed by atoms with van der Waals surface area (Å²) < 4.78 is 16.6. The molecule has 1 heterocycles. The summed E-state index contributed by atoms with van der Waals surface area (Å²) >= 11 is 0. The van der Waals surface area contributed by atoms with Crippen molar-refractivity contribution in [3.05, 3.63) is 0 Å². The van der Waals surface area contributed by atoms with Crippen molar-refractivity contribution in [1.82, 2.24) is 5.32 Å². The van der Waals surface area contributed by atoms with Gasteiger partial charge < -0.3 is 19.5 Å². The van der Waals surface area contributed by atoms with Gasteiger partial charge in [-0.25, -0.2) is 0 Å². The van der Waals surface area contributed by atoms with Crippen LogP contribution in [0, 0.1) is 0 Å². The molecule has 0 aromatic rings. The van der Waals surface area contributed by atoms with Crippen molar-refractivity contribution in [2.24, 2.45) is 0 Å². The third kappa shape index (κ3) is 6.99. The van der Waals surface area contributed by atoms with E-state index >= 15 is 0 Å². The summed E-state index contributed by atoms with van der Waals surface area (Å²) in [6, 6.07) is 0.318. The minimum Gasteiger partial charge on any atom is -0.381 e. The van der Waals surface area contributed by atoms with Gasteiger partial charge in [-0.1, -0.05) is 13.3 Å². The Hall–Kier alpha value is -0.160. The molecule has 0 aromatic carbocycles. The van der Waals surface area contributed by atoms with Gasteiger partial charge in [0.15, 0.2) is 5.79 Å². The smallest absolute Gasteiger partial charge is 0.162 e. The molecule has 0 aromatic heterocycles. The Kier molecular flexibility index (Phi) is 7.04. The lowest BCUT2D eigenvalue weighted by atomic mass is 10.2. The van der Waals surface area contributed by atoms with E-state index in [1.807, 2.05) is 13.8 Å².